The molecule has 1 unspecified atom stereocenters. The highest BCUT2D eigenvalue weighted by atomic mass is 16.5. The third-order valence-electron chi connectivity index (χ3n) is 2.88. The van der Waals surface area contributed by atoms with E-state index in [4.69, 9.17) is 15.0 Å². The Morgan fingerprint density at radius 3 is 2.75 bits per heavy atom. The molecule has 0 bridgehead atoms. The van der Waals surface area contributed by atoms with Gasteiger partial charge in [0.05, 0.1) is 17.4 Å². The molecule has 0 aliphatic carbocycles. The van der Waals surface area contributed by atoms with Gasteiger partial charge in [0, 0.05) is 12.8 Å². The quantitative estimate of drug-likeness (QED) is 0.923. The maximum absolute atomic E-state index is 5.86. The van der Waals surface area contributed by atoms with Gasteiger partial charge in [0.25, 0.3) is 5.89 Å². The Kier molecular flexibility index (Phi) is 4.04. The summed E-state index contributed by atoms with van der Waals surface area (Å²) in [5.74, 6) is 0.916. The molecule has 2 aromatic heterocycles. The molecule has 0 amide bonds. The molecular formula is C14H20N4O2. The van der Waals surface area contributed by atoms with Gasteiger partial charge in [-0.25, -0.2) is 0 Å². The van der Waals surface area contributed by atoms with Gasteiger partial charge in [-0.15, -0.1) is 0 Å². The maximum Gasteiger partial charge on any atom is 0.260 e. The minimum Gasteiger partial charge on any atom is -0.397 e. The first kappa shape index (κ1) is 14.5. The summed E-state index contributed by atoms with van der Waals surface area (Å²) in [6.07, 6.45) is 2.97. The summed E-state index contributed by atoms with van der Waals surface area (Å²) in [6.45, 7) is 8.75. The van der Waals surface area contributed by atoms with Crippen LogP contribution in [0, 0.1) is 5.41 Å². The van der Waals surface area contributed by atoms with Gasteiger partial charge in [-0.1, -0.05) is 25.9 Å². The van der Waals surface area contributed by atoms with Crippen molar-refractivity contribution in [1.29, 1.82) is 0 Å². The molecule has 2 aromatic rings. The number of hydrogen-bond acceptors (Lipinski definition) is 6. The molecule has 0 saturated heterocycles. The number of rotatable bonds is 4. The molecule has 2 heterocycles. The van der Waals surface area contributed by atoms with Crippen molar-refractivity contribution < 1.29 is 9.26 Å². The van der Waals surface area contributed by atoms with Gasteiger partial charge >= 0.3 is 0 Å². The van der Waals surface area contributed by atoms with Crippen LogP contribution in [0.1, 0.15) is 39.6 Å². The predicted molar refractivity (Wildman–Crippen MR) is 75.8 cm³/mol. The van der Waals surface area contributed by atoms with Crippen molar-refractivity contribution in [2.45, 2.75) is 33.8 Å². The Balaban J connectivity index is 2.35. The SMILES string of the molecule is CCOC(c1noc(-c2ccncc2N)n1)C(C)(C)C. The second-order valence-corrected chi connectivity index (χ2v) is 5.62. The standard InChI is InChI=1S/C14H20N4O2/c1-5-19-11(14(2,3)4)12-17-13(20-18-12)9-6-7-16-8-10(9)15/h6-8,11H,5,15H2,1-4H3. The van der Waals surface area contributed by atoms with Crippen LogP contribution >= 0.6 is 0 Å². The van der Waals surface area contributed by atoms with E-state index in [0.717, 1.165) is 0 Å². The first-order valence-electron chi connectivity index (χ1n) is 6.58. The van der Waals surface area contributed by atoms with Crippen molar-refractivity contribution in [1.82, 2.24) is 15.1 Å². The lowest BCUT2D eigenvalue weighted by molar-refractivity contribution is -0.0203. The van der Waals surface area contributed by atoms with Crippen molar-refractivity contribution in [3.05, 3.63) is 24.3 Å². The molecule has 6 heteroatoms. The third-order valence-corrected chi connectivity index (χ3v) is 2.88. The fraction of sp³-hybridized carbons (Fsp3) is 0.500. The molecule has 0 fully saturated rings. The summed E-state index contributed by atoms with van der Waals surface area (Å²) in [4.78, 5) is 8.36. The van der Waals surface area contributed by atoms with E-state index < -0.39 is 0 Å². The Bertz CT molecular complexity index is 575. The molecule has 0 saturated carbocycles. The summed E-state index contributed by atoms with van der Waals surface area (Å²) in [6, 6.07) is 1.75. The zero-order valence-corrected chi connectivity index (χ0v) is 12.3. The molecule has 0 aromatic carbocycles. The van der Waals surface area contributed by atoms with E-state index in [-0.39, 0.29) is 11.5 Å². The van der Waals surface area contributed by atoms with E-state index in [1.54, 1.807) is 18.5 Å². The summed E-state index contributed by atoms with van der Waals surface area (Å²) in [5, 5.41) is 4.03. The zero-order valence-electron chi connectivity index (χ0n) is 12.3. The third kappa shape index (κ3) is 2.96. The molecule has 0 radical (unpaired) electrons. The Hall–Kier alpha value is -1.95. The van der Waals surface area contributed by atoms with Crippen LogP contribution < -0.4 is 5.73 Å². The van der Waals surface area contributed by atoms with Crippen LogP contribution in [0.3, 0.4) is 0 Å². The van der Waals surface area contributed by atoms with Crippen molar-refractivity contribution in [2.24, 2.45) is 5.41 Å². The highest BCUT2D eigenvalue weighted by Crippen LogP contribution is 2.35. The van der Waals surface area contributed by atoms with Crippen LogP contribution in [0.4, 0.5) is 5.69 Å². The number of pyridine rings is 1. The number of ether oxygens (including phenoxy) is 1. The van der Waals surface area contributed by atoms with E-state index in [0.29, 0.717) is 29.6 Å². The van der Waals surface area contributed by atoms with Crippen molar-refractivity contribution in [2.75, 3.05) is 12.3 Å². The number of aromatic nitrogens is 3. The molecular weight excluding hydrogens is 256 g/mol. The minimum absolute atomic E-state index is 0.124. The first-order valence-corrected chi connectivity index (χ1v) is 6.58. The van der Waals surface area contributed by atoms with Gasteiger partial charge in [0.2, 0.25) is 5.82 Å². The van der Waals surface area contributed by atoms with Gasteiger partial charge in [-0.05, 0) is 18.4 Å². The largest absolute Gasteiger partial charge is 0.397 e. The monoisotopic (exact) mass is 276 g/mol. The molecule has 108 valence electrons. The van der Waals surface area contributed by atoms with Crippen LogP contribution in [-0.2, 0) is 4.74 Å². The maximum atomic E-state index is 5.86. The van der Waals surface area contributed by atoms with E-state index in [2.05, 4.69) is 35.9 Å². The van der Waals surface area contributed by atoms with Gasteiger partial charge < -0.3 is 15.0 Å². The smallest absolute Gasteiger partial charge is 0.260 e. The number of anilines is 1. The zero-order chi connectivity index (χ0) is 14.8. The second-order valence-electron chi connectivity index (χ2n) is 5.62. The van der Waals surface area contributed by atoms with Gasteiger partial charge in [-0.2, -0.15) is 4.98 Å². The fourth-order valence-corrected chi connectivity index (χ4v) is 1.93. The van der Waals surface area contributed by atoms with E-state index in [1.165, 1.54) is 0 Å². The van der Waals surface area contributed by atoms with Crippen LogP contribution in [-0.4, -0.2) is 21.7 Å². The van der Waals surface area contributed by atoms with Crippen molar-refractivity contribution >= 4 is 5.69 Å². The Morgan fingerprint density at radius 2 is 2.15 bits per heavy atom. The average Bonchev–Trinajstić information content (AvgIpc) is 2.84. The summed E-state index contributed by atoms with van der Waals surface area (Å²) < 4.78 is 11.0. The molecule has 0 aliphatic rings. The van der Waals surface area contributed by atoms with Crippen molar-refractivity contribution in [3.8, 4) is 11.5 Å². The molecule has 0 aliphatic heterocycles. The molecule has 6 nitrogen and oxygen atoms in total. The van der Waals surface area contributed by atoms with Crippen molar-refractivity contribution in [3.63, 3.8) is 0 Å². The molecule has 20 heavy (non-hydrogen) atoms. The Labute approximate surface area is 118 Å². The highest BCUT2D eigenvalue weighted by Gasteiger charge is 2.31. The Morgan fingerprint density at radius 1 is 1.40 bits per heavy atom. The van der Waals surface area contributed by atoms with Crippen LogP contribution in [0.5, 0.6) is 0 Å². The molecule has 1 atom stereocenters. The van der Waals surface area contributed by atoms with Crippen LogP contribution in [0.25, 0.3) is 11.5 Å². The lowest BCUT2D eigenvalue weighted by Crippen LogP contribution is -2.22. The second kappa shape index (κ2) is 5.58. The van der Waals surface area contributed by atoms with Gasteiger partial charge in [0.1, 0.15) is 6.10 Å². The van der Waals surface area contributed by atoms with E-state index in [9.17, 15) is 0 Å². The van der Waals surface area contributed by atoms with Gasteiger partial charge in [-0.3, -0.25) is 4.98 Å². The summed E-state index contributed by atoms with van der Waals surface area (Å²) in [7, 11) is 0. The van der Waals surface area contributed by atoms with E-state index >= 15 is 0 Å². The topological polar surface area (TPSA) is 87.1 Å². The fourth-order valence-electron chi connectivity index (χ4n) is 1.93. The molecule has 2 N–H and O–H groups in total. The normalized spacial score (nSPS) is 13.4. The van der Waals surface area contributed by atoms with Crippen LogP contribution in [0.15, 0.2) is 23.0 Å². The highest BCUT2D eigenvalue weighted by molar-refractivity contribution is 5.68. The van der Waals surface area contributed by atoms with E-state index in [1.807, 2.05) is 6.92 Å². The number of nitrogens with zero attached hydrogens (tertiary/aromatic N) is 3. The minimum atomic E-state index is -0.229. The molecule has 2 rings (SSSR count). The average molecular weight is 276 g/mol. The lowest BCUT2D eigenvalue weighted by Gasteiger charge is -2.27. The summed E-state index contributed by atoms with van der Waals surface area (Å²) in [5.41, 5.74) is 6.93. The number of hydrogen-bond donors (Lipinski definition) is 1. The predicted octanol–water partition coefficient (Wildman–Crippen LogP) is 2.84. The summed E-state index contributed by atoms with van der Waals surface area (Å²) >= 11 is 0. The van der Waals surface area contributed by atoms with Gasteiger partial charge in [0.15, 0.2) is 0 Å². The van der Waals surface area contributed by atoms with Crippen LogP contribution in [0.2, 0.25) is 0 Å². The molecule has 0 spiro atoms. The number of nitrogens with two attached hydrogens (primary N) is 1. The lowest BCUT2D eigenvalue weighted by atomic mass is 9.88. The number of nitrogen functional groups attached to an aromatic ring is 1. The first-order chi connectivity index (χ1) is 9.43.